The number of rotatable bonds is 9. The summed E-state index contributed by atoms with van der Waals surface area (Å²) in [5.41, 5.74) is 9.19. The maximum Gasteiger partial charge on any atom is 0.269 e. The maximum atomic E-state index is 12.8. The molecule has 5 aromatic rings. The third kappa shape index (κ3) is 6.39. The summed E-state index contributed by atoms with van der Waals surface area (Å²) in [6, 6.07) is 27.0. The Bertz CT molecular complexity index is 1790. The highest BCUT2D eigenvalue weighted by atomic mass is 16.6. The Hall–Kier alpha value is -4.86. The van der Waals surface area contributed by atoms with Crippen molar-refractivity contribution in [3.8, 4) is 22.4 Å². The first-order valence-corrected chi connectivity index (χ1v) is 14.8. The van der Waals surface area contributed by atoms with Gasteiger partial charge in [0.25, 0.3) is 5.69 Å². The van der Waals surface area contributed by atoms with E-state index in [1.807, 2.05) is 41.3 Å². The summed E-state index contributed by atoms with van der Waals surface area (Å²) in [7, 11) is 0. The summed E-state index contributed by atoms with van der Waals surface area (Å²) in [6.07, 6.45) is 2.14. The predicted octanol–water partition coefficient (Wildman–Crippen LogP) is 6.05. The number of ether oxygens (including phenoxy) is 1. The molecule has 9 nitrogen and oxygen atoms in total. The zero-order chi connectivity index (χ0) is 30.6. The molecule has 0 saturated carbocycles. The molecule has 0 aliphatic carbocycles. The van der Waals surface area contributed by atoms with Crippen LogP contribution in [0, 0.1) is 24.0 Å². The lowest BCUT2D eigenvalue weighted by Crippen LogP contribution is -2.49. The Morgan fingerprint density at radius 3 is 2.36 bits per heavy atom. The van der Waals surface area contributed by atoms with Gasteiger partial charge in [-0.1, -0.05) is 54.1 Å². The van der Waals surface area contributed by atoms with Crippen molar-refractivity contribution in [3.63, 3.8) is 0 Å². The average molecular weight is 590 g/mol. The zero-order valence-electron chi connectivity index (χ0n) is 25.0. The van der Waals surface area contributed by atoms with Crippen molar-refractivity contribution < 1.29 is 14.5 Å². The van der Waals surface area contributed by atoms with Gasteiger partial charge in [0.2, 0.25) is 5.91 Å². The van der Waals surface area contributed by atoms with E-state index in [1.54, 1.807) is 12.1 Å². The van der Waals surface area contributed by atoms with Gasteiger partial charge in [0.05, 0.1) is 22.9 Å². The summed E-state index contributed by atoms with van der Waals surface area (Å²) in [5, 5.41) is 11.3. The third-order valence-electron chi connectivity index (χ3n) is 8.21. The number of nitro groups is 1. The number of carbonyl (C=O) groups is 1. The largest absolute Gasteiger partial charge is 0.367 e. The van der Waals surface area contributed by atoms with E-state index >= 15 is 0 Å². The number of fused-ring (bicyclic) bond motifs is 1. The van der Waals surface area contributed by atoms with Crippen LogP contribution in [0.3, 0.4) is 0 Å². The van der Waals surface area contributed by atoms with E-state index in [9.17, 15) is 14.9 Å². The van der Waals surface area contributed by atoms with Gasteiger partial charge >= 0.3 is 0 Å². The topological polar surface area (TPSA) is 93.2 Å². The molecule has 0 spiro atoms. The molecule has 1 aliphatic heterocycles. The number of nitrogens with zero attached hydrogens (tertiary/aromatic N) is 5. The molecule has 2 aromatic heterocycles. The lowest BCUT2D eigenvalue weighted by Gasteiger charge is -2.34. The predicted molar refractivity (Wildman–Crippen MR) is 170 cm³/mol. The van der Waals surface area contributed by atoms with E-state index < -0.39 is 4.92 Å². The molecule has 3 heterocycles. The van der Waals surface area contributed by atoms with Gasteiger partial charge in [-0.2, -0.15) is 0 Å². The van der Waals surface area contributed by atoms with Crippen molar-refractivity contribution in [3.05, 3.63) is 124 Å². The number of amides is 1. The molecule has 44 heavy (non-hydrogen) atoms. The fraction of sp³-hybridized carbons (Fsp3) is 0.257. The number of nitro benzene ring substituents is 1. The first-order chi connectivity index (χ1) is 21.4. The highest BCUT2D eigenvalue weighted by Crippen LogP contribution is 2.31. The van der Waals surface area contributed by atoms with Gasteiger partial charge < -0.3 is 14.0 Å². The number of pyridine rings is 1. The van der Waals surface area contributed by atoms with Crippen molar-refractivity contribution in [2.75, 3.05) is 32.8 Å². The van der Waals surface area contributed by atoms with Crippen molar-refractivity contribution in [2.45, 2.75) is 27.0 Å². The Morgan fingerprint density at radius 1 is 0.909 bits per heavy atom. The number of hydrogen-bond donors (Lipinski definition) is 0. The third-order valence-corrected chi connectivity index (χ3v) is 8.21. The molecule has 1 amide bonds. The Kier molecular flexibility index (Phi) is 8.49. The molecule has 0 radical (unpaired) electrons. The molecule has 0 unspecified atom stereocenters. The van der Waals surface area contributed by atoms with Crippen LogP contribution in [0.1, 0.15) is 22.4 Å². The van der Waals surface area contributed by atoms with E-state index in [1.165, 1.54) is 28.8 Å². The van der Waals surface area contributed by atoms with Crippen LogP contribution in [0.2, 0.25) is 0 Å². The second kappa shape index (κ2) is 12.8. The van der Waals surface area contributed by atoms with Crippen molar-refractivity contribution in [1.82, 2.24) is 19.2 Å². The van der Waals surface area contributed by atoms with Gasteiger partial charge in [-0.25, -0.2) is 4.98 Å². The number of hydrogen-bond acceptors (Lipinski definition) is 6. The minimum Gasteiger partial charge on any atom is -0.367 e. The van der Waals surface area contributed by atoms with Gasteiger partial charge in [-0.15, -0.1) is 0 Å². The van der Waals surface area contributed by atoms with Crippen molar-refractivity contribution in [1.29, 1.82) is 0 Å². The molecule has 1 aliphatic rings. The van der Waals surface area contributed by atoms with Gasteiger partial charge in [0.15, 0.2) is 0 Å². The molecule has 0 atom stereocenters. The molecular weight excluding hydrogens is 554 g/mol. The Balaban J connectivity index is 1.23. The van der Waals surface area contributed by atoms with Crippen LogP contribution < -0.4 is 0 Å². The number of carbonyl (C=O) groups excluding carboxylic acids is 1. The van der Waals surface area contributed by atoms with Crippen LogP contribution in [-0.4, -0.2) is 62.8 Å². The first kappa shape index (κ1) is 29.2. The molecule has 9 heteroatoms. The van der Waals surface area contributed by atoms with Gasteiger partial charge in [0.1, 0.15) is 12.3 Å². The van der Waals surface area contributed by atoms with Crippen LogP contribution in [-0.2, 0) is 22.7 Å². The van der Waals surface area contributed by atoms with Crippen LogP contribution in [0.4, 0.5) is 5.69 Å². The molecular formula is C35H35N5O4. The summed E-state index contributed by atoms with van der Waals surface area (Å²) in [4.78, 5) is 32.9. The van der Waals surface area contributed by atoms with Gasteiger partial charge in [0, 0.05) is 56.6 Å². The number of piperazine rings is 1. The molecule has 224 valence electrons. The minimum atomic E-state index is -0.391. The van der Waals surface area contributed by atoms with Gasteiger partial charge in [-0.3, -0.25) is 19.8 Å². The second-order valence-electron chi connectivity index (χ2n) is 11.3. The molecule has 0 N–H and O–H groups in total. The lowest BCUT2D eigenvalue weighted by molar-refractivity contribution is -0.384. The molecule has 6 rings (SSSR count). The van der Waals surface area contributed by atoms with E-state index in [4.69, 9.17) is 9.72 Å². The summed E-state index contributed by atoms with van der Waals surface area (Å²) in [6.45, 7) is 7.97. The molecule has 3 aromatic carbocycles. The number of aryl methyl sites for hydroxylation is 2. The van der Waals surface area contributed by atoms with E-state index in [0.29, 0.717) is 39.3 Å². The molecule has 1 saturated heterocycles. The zero-order valence-corrected chi connectivity index (χ0v) is 25.0. The number of non-ortho nitro benzene ring substituents is 1. The Morgan fingerprint density at radius 2 is 1.64 bits per heavy atom. The van der Waals surface area contributed by atoms with Crippen LogP contribution in [0.25, 0.3) is 28.0 Å². The van der Waals surface area contributed by atoms with Crippen molar-refractivity contribution in [2.24, 2.45) is 0 Å². The summed E-state index contributed by atoms with van der Waals surface area (Å²) < 4.78 is 7.83. The highest BCUT2D eigenvalue weighted by Gasteiger charge is 2.24. The summed E-state index contributed by atoms with van der Waals surface area (Å²) in [5.74, 6) is 0.000110. The lowest BCUT2D eigenvalue weighted by atomic mass is 10.00. The summed E-state index contributed by atoms with van der Waals surface area (Å²) >= 11 is 0. The monoisotopic (exact) mass is 589 g/mol. The normalized spacial score (nSPS) is 13.8. The van der Waals surface area contributed by atoms with E-state index in [-0.39, 0.29) is 18.2 Å². The Labute approximate surface area is 256 Å². The van der Waals surface area contributed by atoms with Crippen LogP contribution >= 0.6 is 0 Å². The number of benzene rings is 3. The van der Waals surface area contributed by atoms with Crippen LogP contribution in [0.5, 0.6) is 0 Å². The van der Waals surface area contributed by atoms with Crippen LogP contribution in [0.15, 0.2) is 91.1 Å². The minimum absolute atomic E-state index is 0.000110. The quantitative estimate of drug-likeness (QED) is 0.153. The van der Waals surface area contributed by atoms with E-state index in [2.05, 4.69) is 53.6 Å². The fourth-order valence-electron chi connectivity index (χ4n) is 5.71. The average Bonchev–Trinajstić information content (AvgIpc) is 3.40. The number of imidazole rings is 1. The van der Waals surface area contributed by atoms with Gasteiger partial charge in [-0.05, 0) is 60.4 Å². The highest BCUT2D eigenvalue weighted by molar-refractivity contribution is 5.77. The molecule has 1 fully saturated rings. The van der Waals surface area contributed by atoms with Crippen molar-refractivity contribution >= 4 is 17.2 Å². The SMILES string of the molecule is Cc1ccc(C)c(-c2ccc3nc(-c4ccc([N+](=O)[O-])cc4)c(CN4CCN(C(=O)COCc5ccccc5)CC4)n3c2)c1. The smallest absolute Gasteiger partial charge is 0.269 e. The standard InChI is InChI=1S/C35H35N5O4/c1-25-8-9-26(2)31(20-25)29-12-15-33-36-35(28-10-13-30(14-11-28)40(42)43)32(39(33)21-29)22-37-16-18-38(19-17-37)34(41)24-44-23-27-6-4-3-5-7-27/h3-15,20-21H,16-19,22-24H2,1-2H3. The first-order valence-electron chi connectivity index (χ1n) is 14.8. The second-order valence-corrected chi connectivity index (χ2v) is 11.3. The number of aromatic nitrogens is 2. The fourth-order valence-corrected chi connectivity index (χ4v) is 5.71. The molecule has 0 bridgehead atoms. The maximum absolute atomic E-state index is 12.8. The van der Waals surface area contributed by atoms with E-state index in [0.717, 1.165) is 33.7 Å².